The summed E-state index contributed by atoms with van der Waals surface area (Å²) in [7, 11) is 0. The number of aromatic nitrogens is 1. The minimum Gasteiger partial charge on any atom is -0.344 e. The summed E-state index contributed by atoms with van der Waals surface area (Å²) >= 11 is 3.77. The van der Waals surface area contributed by atoms with Crippen LogP contribution in [0, 0.1) is 5.92 Å². The first-order chi connectivity index (χ1) is 28.2. The van der Waals surface area contributed by atoms with Gasteiger partial charge in [0.25, 0.3) is 0 Å². The summed E-state index contributed by atoms with van der Waals surface area (Å²) in [4.78, 5) is 10.4. The van der Waals surface area contributed by atoms with Gasteiger partial charge in [-0.2, -0.15) is 0 Å². The van der Waals surface area contributed by atoms with Gasteiger partial charge in [0.05, 0.1) is 11.0 Å². The van der Waals surface area contributed by atoms with Crippen molar-refractivity contribution in [3.05, 3.63) is 185 Å². The van der Waals surface area contributed by atoms with Crippen LogP contribution in [0.2, 0.25) is 0 Å². The van der Waals surface area contributed by atoms with Crippen molar-refractivity contribution in [1.29, 1.82) is 0 Å². The second-order valence-electron chi connectivity index (χ2n) is 14.9. The van der Waals surface area contributed by atoms with Crippen LogP contribution in [-0.4, -0.2) is 16.2 Å². The zero-order chi connectivity index (χ0) is 37.5. The molecule has 0 fully saturated rings. The molecular formula is C51H34N4S2. The van der Waals surface area contributed by atoms with Gasteiger partial charge in [-0.25, -0.2) is 9.98 Å². The Morgan fingerprint density at radius 3 is 2.07 bits per heavy atom. The van der Waals surface area contributed by atoms with Crippen LogP contribution in [0.25, 0.3) is 81.0 Å². The highest BCUT2D eigenvalue weighted by molar-refractivity contribution is 7.25. The van der Waals surface area contributed by atoms with Crippen molar-refractivity contribution < 1.29 is 0 Å². The third-order valence-electron chi connectivity index (χ3n) is 11.6. The number of thiophene rings is 2. The summed E-state index contributed by atoms with van der Waals surface area (Å²) in [5.74, 6) is 1.79. The summed E-state index contributed by atoms with van der Waals surface area (Å²) in [6.07, 6.45) is 5.50. The maximum atomic E-state index is 5.25. The average Bonchev–Trinajstić information content (AvgIpc) is 3.95. The van der Waals surface area contributed by atoms with Crippen molar-refractivity contribution in [2.75, 3.05) is 0 Å². The third kappa shape index (κ3) is 5.32. The molecular weight excluding hydrogens is 733 g/mol. The molecule has 4 nitrogen and oxygen atoms in total. The van der Waals surface area contributed by atoms with Crippen LogP contribution in [-0.2, 0) is 0 Å². The monoisotopic (exact) mass is 766 g/mol. The van der Waals surface area contributed by atoms with E-state index in [1.807, 2.05) is 28.7 Å². The molecule has 1 N–H and O–H groups in total. The summed E-state index contributed by atoms with van der Waals surface area (Å²) in [5, 5.41) is 11.4. The van der Waals surface area contributed by atoms with Crippen LogP contribution >= 0.6 is 22.7 Å². The molecule has 57 heavy (non-hydrogen) atoms. The Labute approximate surface area is 336 Å². The maximum absolute atomic E-state index is 5.25. The predicted octanol–water partition coefficient (Wildman–Crippen LogP) is 11.8. The van der Waals surface area contributed by atoms with Crippen LogP contribution in [0.15, 0.2) is 174 Å². The molecule has 1 aliphatic heterocycles. The molecule has 2 atom stereocenters. The Hall–Kier alpha value is -6.60. The number of aliphatic imine (C=N–C) groups is 2. The summed E-state index contributed by atoms with van der Waals surface area (Å²) < 4.78 is 7.64. The van der Waals surface area contributed by atoms with Crippen molar-refractivity contribution in [3.63, 3.8) is 0 Å². The van der Waals surface area contributed by atoms with Gasteiger partial charge in [0.15, 0.2) is 0 Å². The summed E-state index contributed by atoms with van der Waals surface area (Å²) in [5.41, 5.74) is 8.36. The van der Waals surface area contributed by atoms with E-state index in [0.717, 1.165) is 29.2 Å². The Morgan fingerprint density at radius 2 is 1.28 bits per heavy atom. The zero-order valence-electron chi connectivity index (χ0n) is 30.8. The standard InChI is InChI=1S/C51H34N4S2/c1-3-12-31(13-4-1)49-52-50(32-14-5-2-6-15-32)54-51(53-49)34-23-27-44-41(28-34)48-36(18-11-21-45(48)56-44)33-22-25-39-40-26-24-35(30-47(40)57-46(39)29-33)55-42-19-9-7-16-37(42)38-17-8-10-20-43(38)55/h1-22,24-30,34,49H,23H2,(H,52,53,54). The van der Waals surface area contributed by atoms with Gasteiger partial charge in [0.1, 0.15) is 17.8 Å². The fourth-order valence-electron chi connectivity index (χ4n) is 8.89. The van der Waals surface area contributed by atoms with Gasteiger partial charge in [-0.15, -0.1) is 22.7 Å². The normalized spacial score (nSPS) is 16.6. The Kier molecular flexibility index (Phi) is 7.43. The fourth-order valence-corrected chi connectivity index (χ4v) is 11.2. The lowest BCUT2D eigenvalue weighted by atomic mass is 9.94. The van der Waals surface area contributed by atoms with E-state index in [4.69, 9.17) is 9.98 Å². The van der Waals surface area contributed by atoms with Crippen LogP contribution < -0.4 is 15.1 Å². The molecule has 0 spiro atoms. The Bertz CT molecular complexity index is 3370. The topological polar surface area (TPSA) is 41.7 Å². The molecule has 6 heteroatoms. The van der Waals surface area contributed by atoms with E-state index >= 15 is 0 Å². The van der Waals surface area contributed by atoms with E-state index in [1.54, 1.807) is 0 Å². The smallest absolute Gasteiger partial charge is 0.147 e. The van der Waals surface area contributed by atoms with Gasteiger partial charge < -0.3 is 9.88 Å². The van der Waals surface area contributed by atoms with Gasteiger partial charge in [-0.05, 0) is 64.7 Å². The highest BCUT2D eigenvalue weighted by Crippen LogP contribution is 2.40. The number of para-hydroxylation sites is 2. The van der Waals surface area contributed by atoms with Gasteiger partial charge in [0, 0.05) is 62.7 Å². The Morgan fingerprint density at radius 1 is 0.579 bits per heavy atom. The van der Waals surface area contributed by atoms with E-state index in [0.29, 0.717) is 0 Å². The van der Waals surface area contributed by atoms with Crippen LogP contribution in [0.1, 0.15) is 23.7 Å². The lowest BCUT2D eigenvalue weighted by Crippen LogP contribution is -2.36. The number of nitrogens with zero attached hydrogens (tertiary/aromatic N) is 3. The molecule has 3 aromatic heterocycles. The quantitative estimate of drug-likeness (QED) is 0.186. The molecule has 0 amide bonds. The van der Waals surface area contributed by atoms with Crippen molar-refractivity contribution in [1.82, 2.24) is 9.88 Å². The highest BCUT2D eigenvalue weighted by Gasteiger charge is 2.25. The second-order valence-corrected chi connectivity index (χ2v) is 17.1. The first-order valence-corrected chi connectivity index (χ1v) is 21.1. The molecule has 7 aromatic carbocycles. The fraction of sp³-hybridized carbons (Fsp3) is 0.0588. The summed E-state index contributed by atoms with van der Waals surface area (Å²) in [6, 6.07) is 59.1. The van der Waals surface area contributed by atoms with Crippen molar-refractivity contribution in [2.45, 2.75) is 12.6 Å². The molecule has 0 saturated carbocycles. The number of amidine groups is 2. The average molecular weight is 767 g/mol. The predicted molar refractivity (Wildman–Crippen MR) is 244 cm³/mol. The third-order valence-corrected chi connectivity index (χ3v) is 13.8. The largest absolute Gasteiger partial charge is 0.344 e. The lowest BCUT2D eigenvalue weighted by molar-refractivity contribution is 0.663. The maximum Gasteiger partial charge on any atom is 0.147 e. The van der Waals surface area contributed by atoms with Crippen LogP contribution in [0.3, 0.4) is 0 Å². The van der Waals surface area contributed by atoms with Crippen molar-refractivity contribution in [3.8, 4) is 16.8 Å². The Balaban J connectivity index is 0.964. The SMILES string of the molecule is C1=c2sc3cccc(-c4ccc5c(c4)sc4cc(-n6c7ccccc7c7ccccc76)ccc45)c3c2=CC(C2=NC(c3ccccc3)NC(c3ccccc3)=N2)C1. The van der Waals surface area contributed by atoms with E-state index in [-0.39, 0.29) is 12.1 Å². The van der Waals surface area contributed by atoms with Gasteiger partial charge >= 0.3 is 0 Å². The molecule has 0 saturated heterocycles. The minimum atomic E-state index is -0.204. The van der Waals surface area contributed by atoms with E-state index in [9.17, 15) is 0 Å². The van der Waals surface area contributed by atoms with E-state index in [1.165, 1.54) is 78.6 Å². The van der Waals surface area contributed by atoms with Crippen LogP contribution in [0.5, 0.6) is 0 Å². The molecule has 0 bridgehead atoms. The van der Waals surface area contributed by atoms with Crippen molar-refractivity contribution in [2.24, 2.45) is 15.9 Å². The van der Waals surface area contributed by atoms with Crippen LogP contribution in [0.4, 0.5) is 0 Å². The number of hydrogen-bond donors (Lipinski definition) is 1. The number of nitrogens with one attached hydrogen (secondary N) is 1. The lowest BCUT2D eigenvalue weighted by Gasteiger charge is -2.26. The first kappa shape index (κ1) is 32.6. The molecule has 12 rings (SSSR count). The minimum absolute atomic E-state index is 0.0594. The zero-order valence-corrected chi connectivity index (χ0v) is 32.4. The number of fused-ring (bicyclic) bond motifs is 9. The second kappa shape index (κ2) is 13.0. The molecule has 2 unspecified atom stereocenters. The molecule has 4 heterocycles. The van der Waals surface area contributed by atoms with E-state index < -0.39 is 0 Å². The van der Waals surface area contributed by atoms with Crippen molar-refractivity contribution >= 4 is 98.6 Å². The molecule has 10 aromatic rings. The molecule has 2 aliphatic rings. The van der Waals surface area contributed by atoms with Gasteiger partial charge in [-0.3, -0.25) is 0 Å². The van der Waals surface area contributed by atoms with Gasteiger partial charge in [-0.1, -0.05) is 140 Å². The summed E-state index contributed by atoms with van der Waals surface area (Å²) in [6.45, 7) is 0. The van der Waals surface area contributed by atoms with E-state index in [2.05, 4.69) is 180 Å². The van der Waals surface area contributed by atoms with Gasteiger partial charge in [0.2, 0.25) is 0 Å². The molecule has 0 radical (unpaired) electrons. The molecule has 270 valence electrons. The number of rotatable bonds is 5. The number of hydrogen-bond acceptors (Lipinski definition) is 5. The highest BCUT2D eigenvalue weighted by atomic mass is 32.1. The first-order valence-electron chi connectivity index (χ1n) is 19.5. The number of benzene rings is 7. The molecule has 1 aliphatic carbocycles.